The Labute approximate surface area is 171 Å². The molecule has 0 saturated heterocycles. The van der Waals surface area contributed by atoms with Crippen LogP contribution in [-0.4, -0.2) is 40.6 Å². The van der Waals surface area contributed by atoms with Gasteiger partial charge in [-0.15, -0.1) is 0 Å². The molecule has 0 aliphatic carbocycles. The van der Waals surface area contributed by atoms with Gasteiger partial charge in [-0.05, 0) is 48.2 Å². The normalized spacial score (nSPS) is 17.2. The highest BCUT2D eigenvalue weighted by Crippen LogP contribution is 2.37. The molecule has 0 unspecified atom stereocenters. The third-order valence-electron chi connectivity index (χ3n) is 5.15. The predicted octanol–water partition coefficient (Wildman–Crippen LogP) is 5.55. The lowest BCUT2D eigenvalue weighted by molar-refractivity contribution is 0.475. The number of rotatable bonds is 6. The first-order valence-electron chi connectivity index (χ1n) is 10.2. The van der Waals surface area contributed by atoms with Crippen LogP contribution in [0.15, 0.2) is 57.3 Å². The molecule has 2 aliphatic heterocycles. The van der Waals surface area contributed by atoms with E-state index >= 15 is 0 Å². The number of thioether (sulfide) groups is 1. The number of nitrogens with zero attached hydrogens (tertiary/aromatic N) is 3. The minimum Gasteiger partial charge on any atom is -0.508 e. The molecule has 4 rings (SSSR count). The Balaban J connectivity index is 1.64. The summed E-state index contributed by atoms with van der Waals surface area (Å²) in [7, 11) is 0. The van der Waals surface area contributed by atoms with Crippen LogP contribution in [-0.2, 0) is 0 Å². The Bertz CT molecular complexity index is 906. The van der Waals surface area contributed by atoms with Crippen molar-refractivity contribution < 1.29 is 5.11 Å². The smallest absolute Gasteiger partial charge is 0.169 e. The van der Waals surface area contributed by atoms with Gasteiger partial charge in [-0.2, -0.15) is 0 Å². The van der Waals surface area contributed by atoms with Gasteiger partial charge in [0.25, 0.3) is 0 Å². The van der Waals surface area contributed by atoms with E-state index in [1.165, 1.54) is 29.7 Å². The summed E-state index contributed by atoms with van der Waals surface area (Å²) in [5, 5.41) is 10.9. The number of amidine groups is 2. The van der Waals surface area contributed by atoms with E-state index < -0.39 is 0 Å². The maximum Gasteiger partial charge on any atom is 0.169 e. The van der Waals surface area contributed by atoms with Gasteiger partial charge in [0.05, 0.1) is 0 Å². The third kappa shape index (κ3) is 4.09. The SMILES string of the molecule is CCCCCCN=C1Sc2cc(-c3cccc(O)c3)ccc2C2=NCCCN12. The number of fused-ring (bicyclic) bond motifs is 3. The Morgan fingerprint density at radius 3 is 2.86 bits per heavy atom. The molecule has 0 atom stereocenters. The van der Waals surface area contributed by atoms with Crippen molar-refractivity contribution in [3.8, 4) is 16.9 Å². The second-order valence-corrected chi connectivity index (χ2v) is 8.31. The van der Waals surface area contributed by atoms with E-state index in [2.05, 4.69) is 30.0 Å². The van der Waals surface area contributed by atoms with E-state index in [-0.39, 0.29) is 0 Å². The van der Waals surface area contributed by atoms with Gasteiger partial charge in [0.15, 0.2) is 5.17 Å². The molecular formula is C23H27N3OS. The monoisotopic (exact) mass is 393 g/mol. The Hall–Kier alpha value is -2.27. The molecule has 2 aromatic carbocycles. The van der Waals surface area contributed by atoms with Crippen molar-refractivity contribution >= 4 is 22.8 Å². The minimum atomic E-state index is 0.292. The van der Waals surface area contributed by atoms with Crippen molar-refractivity contribution in [1.29, 1.82) is 0 Å². The Morgan fingerprint density at radius 2 is 2.00 bits per heavy atom. The summed E-state index contributed by atoms with van der Waals surface area (Å²) in [5.41, 5.74) is 3.32. The Kier molecular flexibility index (Phi) is 6.01. The van der Waals surface area contributed by atoms with Gasteiger partial charge >= 0.3 is 0 Å². The summed E-state index contributed by atoms with van der Waals surface area (Å²) in [5.74, 6) is 1.36. The second-order valence-electron chi connectivity index (χ2n) is 7.30. The molecule has 0 bridgehead atoms. The van der Waals surface area contributed by atoms with Gasteiger partial charge in [-0.3, -0.25) is 9.98 Å². The van der Waals surface area contributed by atoms with Crippen LogP contribution in [0.4, 0.5) is 0 Å². The fourth-order valence-electron chi connectivity index (χ4n) is 3.66. The predicted molar refractivity (Wildman–Crippen MR) is 119 cm³/mol. The van der Waals surface area contributed by atoms with Crippen LogP contribution in [0, 0.1) is 0 Å². The second kappa shape index (κ2) is 8.82. The lowest BCUT2D eigenvalue weighted by Gasteiger charge is -2.35. The van der Waals surface area contributed by atoms with E-state index in [1.54, 1.807) is 17.8 Å². The van der Waals surface area contributed by atoms with Crippen LogP contribution in [0.25, 0.3) is 11.1 Å². The van der Waals surface area contributed by atoms with Crippen LogP contribution >= 0.6 is 11.8 Å². The number of phenolic OH excluding ortho intramolecular Hbond substituents is 1. The molecule has 2 aliphatic rings. The minimum absolute atomic E-state index is 0.292. The molecule has 0 saturated carbocycles. The summed E-state index contributed by atoms with van der Waals surface area (Å²) < 4.78 is 0. The summed E-state index contributed by atoms with van der Waals surface area (Å²) in [4.78, 5) is 13.3. The zero-order chi connectivity index (χ0) is 19.3. The van der Waals surface area contributed by atoms with Crippen LogP contribution in [0.5, 0.6) is 5.75 Å². The van der Waals surface area contributed by atoms with E-state index in [0.29, 0.717) is 5.75 Å². The zero-order valence-electron chi connectivity index (χ0n) is 16.4. The fourth-order valence-corrected chi connectivity index (χ4v) is 4.76. The highest BCUT2D eigenvalue weighted by atomic mass is 32.2. The zero-order valence-corrected chi connectivity index (χ0v) is 17.2. The number of aromatic hydroxyl groups is 1. The van der Waals surface area contributed by atoms with Crippen molar-refractivity contribution in [2.75, 3.05) is 19.6 Å². The van der Waals surface area contributed by atoms with Crippen molar-refractivity contribution in [3.63, 3.8) is 0 Å². The lowest BCUT2D eigenvalue weighted by atomic mass is 10.0. The molecule has 0 amide bonds. The van der Waals surface area contributed by atoms with Crippen molar-refractivity contribution in [1.82, 2.24) is 4.90 Å². The number of hydrogen-bond donors (Lipinski definition) is 1. The van der Waals surface area contributed by atoms with Gasteiger partial charge in [0.1, 0.15) is 11.6 Å². The first-order valence-corrected chi connectivity index (χ1v) is 11.1. The molecule has 2 aromatic rings. The quantitative estimate of drug-likeness (QED) is 0.654. The van der Waals surface area contributed by atoms with Gasteiger partial charge in [0.2, 0.25) is 0 Å². The molecule has 28 heavy (non-hydrogen) atoms. The molecule has 4 nitrogen and oxygen atoms in total. The first-order chi connectivity index (χ1) is 13.8. The molecule has 2 heterocycles. The van der Waals surface area contributed by atoms with Crippen molar-refractivity contribution in [2.45, 2.75) is 43.9 Å². The van der Waals surface area contributed by atoms with E-state index in [9.17, 15) is 5.11 Å². The number of unbranched alkanes of at least 4 members (excludes halogenated alkanes) is 3. The topological polar surface area (TPSA) is 48.2 Å². The number of aliphatic imine (C=N–C) groups is 2. The van der Waals surface area contributed by atoms with Gasteiger partial charge in [-0.25, -0.2) is 0 Å². The molecular weight excluding hydrogens is 366 g/mol. The molecule has 1 N–H and O–H groups in total. The number of phenols is 1. The van der Waals surface area contributed by atoms with E-state index in [4.69, 9.17) is 9.98 Å². The van der Waals surface area contributed by atoms with Gasteiger partial charge < -0.3 is 10.0 Å². The standard InChI is InChI=1S/C23H27N3OS/c1-2-3-4-5-12-25-23-26-14-7-13-24-22(26)20-11-10-18(16-21(20)28-23)17-8-6-9-19(27)15-17/h6,8-11,15-16,27H,2-5,7,12-14H2,1H3. The Morgan fingerprint density at radius 1 is 1.11 bits per heavy atom. The average molecular weight is 394 g/mol. The number of hydrogen-bond acceptors (Lipinski definition) is 4. The molecule has 5 heteroatoms. The summed E-state index contributed by atoms with van der Waals surface area (Å²) in [6.45, 7) is 5.00. The molecule has 0 spiro atoms. The molecule has 146 valence electrons. The van der Waals surface area contributed by atoms with Crippen LogP contribution in [0.1, 0.15) is 44.6 Å². The highest BCUT2D eigenvalue weighted by Gasteiger charge is 2.30. The maximum atomic E-state index is 9.82. The molecule has 0 radical (unpaired) electrons. The van der Waals surface area contributed by atoms with Crippen LogP contribution < -0.4 is 0 Å². The fraction of sp³-hybridized carbons (Fsp3) is 0.391. The van der Waals surface area contributed by atoms with Gasteiger partial charge in [-0.1, -0.05) is 56.1 Å². The summed E-state index contributed by atoms with van der Waals surface area (Å²) >= 11 is 1.75. The first kappa shape index (κ1) is 19.1. The highest BCUT2D eigenvalue weighted by molar-refractivity contribution is 8.14. The van der Waals surface area contributed by atoms with Crippen molar-refractivity contribution in [2.24, 2.45) is 9.98 Å². The summed E-state index contributed by atoms with van der Waals surface area (Å²) in [6, 6.07) is 13.9. The van der Waals surface area contributed by atoms with Gasteiger partial charge in [0, 0.05) is 30.1 Å². The van der Waals surface area contributed by atoms with Crippen LogP contribution in [0.3, 0.4) is 0 Å². The lowest BCUT2D eigenvalue weighted by Crippen LogP contribution is -2.42. The van der Waals surface area contributed by atoms with Crippen molar-refractivity contribution in [3.05, 3.63) is 48.0 Å². The maximum absolute atomic E-state index is 9.82. The van der Waals surface area contributed by atoms with Crippen LogP contribution in [0.2, 0.25) is 0 Å². The largest absolute Gasteiger partial charge is 0.508 e. The van der Waals surface area contributed by atoms with E-state index in [1.807, 2.05) is 18.2 Å². The molecule has 0 fully saturated rings. The third-order valence-corrected chi connectivity index (χ3v) is 6.24. The average Bonchev–Trinajstić information content (AvgIpc) is 2.73. The summed E-state index contributed by atoms with van der Waals surface area (Å²) in [6.07, 6.45) is 6.01. The number of benzene rings is 2. The van der Waals surface area contributed by atoms with E-state index in [0.717, 1.165) is 54.6 Å². The molecule has 0 aromatic heterocycles.